The van der Waals surface area contributed by atoms with E-state index in [1.807, 2.05) is 6.92 Å². The number of nitrogens with zero attached hydrogens (tertiary/aromatic N) is 2. The van der Waals surface area contributed by atoms with Gasteiger partial charge in [-0.15, -0.1) is 0 Å². The number of urea groups is 1. The normalized spacial score (nSPS) is 23.8. The summed E-state index contributed by atoms with van der Waals surface area (Å²) in [5.74, 6) is -8.77. The number of phenols is 2. The molecular formula is C53H69N7O14. The van der Waals surface area contributed by atoms with E-state index in [0.717, 1.165) is 16.2 Å². The number of cyclic esters (lactones) is 1. The number of Topliss-reactive ketones (excluding diaryl/α,β-unsaturated/α-hetero) is 1. The molecule has 1 saturated carbocycles. The smallest absolute Gasteiger partial charge is 0.329 e. The van der Waals surface area contributed by atoms with Crippen LogP contribution in [0.3, 0.4) is 0 Å². The molecular weight excluding hydrogens is 959 g/mol. The van der Waals surface area contributed by atoms with E-state index in [1.54, 1.807) is 56.3 Å². The van der Waals surface area contributed by atoms with E-state index in [9.17, 15) is 58.8 Å². The highest BCUT2D eigenvalue weighted by Crippen LogP contribution is 2.27. The SMILES string of the molecule is CCCCCC(=O)NC(CC(=O)O)C(=O)NC1C(=O)NC(Cc2ccc(O)cc2)C(=O)NC2CCC(O)C(C2=O)N(Cc2ccccc2)C(=O)N(C)C(CCc2ccc(O)cc2)C(=O)NC(C(C)C)C(=O)OC1C. The predicted octanol–water partition coefficient (Wildman–Crippen LogP) is 2.37. The second-order valence-corrected chi connectivity index (χ2v) is 19.2. The van der Waals surface area contributed by atoms with Crippen LogP contribution in [0, 0.1) is 5.92 Å². The molecule has 1 aliphatic carbocycles. The minimum Gasteiger partial charge on any atom is -0.508 e. The Kier molecular flexibility index (Phi) is 20.9. The number of benzene rings is 3. The molecule has 21 heteroatoms. The number of aliphatic hydroxyl groups is 1. The monoisotopic (exact) mass is 1030 g/mol. The van der Waals surface area contributed by atoms with Gasteiger partial charge in [-0.3, -0.25) is 33.6 Å². The van der Waals surface area contributed by atoms with Gasteiger partial charge in [0.1, 0.15) is 53.9 Å². The minimum absolute atomic E-state index is 0.00299. The fourth-order valence-corrected chi connectivity index (χ4v) is 8.92. The molecule has 9 unspecified atom stereocenters. The van der Waals surface area contributed by atoms with Crippen molar-refractivity contribution in [3.63, 3.8) is 0 Å². The Morgan fingerprint density at radius 3 is 2.04 bits per heavy atom. The molecule has 0 spiro atoms. The topological polar surface area (TPSA) is 310 Å². The number of rotatable bonds is 17. The summed E-state index contributed by atoms with van der Waals surface area (Å²) in [6.07, 6.45) is -2.43. The minimum atomic E-state index is -1.90. The second-order valence-electron chi connectivity index (χ2n) is 19.2. The zero-order valence-corrected chi connectivity index (χ0v) is 42.3. The van der Waals surface area contributed by atoms with Crippen molar-refractivity contribution in [3.8, 4) is 11.5 Å². The number of aromatic hydroxyl groups is 2. The van der Waals surface area contributed by atoms with Crippen molar-refractivity contribution in [2.75, 3.05) is 7.05 Å². The first-order valence-electron chi connectivity index (χ1n) is 24.9. The molecule has 21 nitrogen and oxygen atoms in total. The van der Waals surface area contributed by atoms with Crippen molar-refractivity contribution < 1.29 is 68.3 Å². The molecule has 1 heterocycles. The molecule has 2 aliphatic rings. The van der Waals surface area contributed by atoms with Gasteiger partial charge in [-0.1, -0.05) is 88.2 Å². The third-order valence-electron chi connectivity index (χ3n) is 13.2. The van der Waals surface area contributed by atoms with Crippen molar-refractivity contribution in [2.24, 2.45) is 5.92 Å². The largest absolute Gasteiger partial charge is 0.508 e. The summed E-state index contributed by atoms with van der Waals surface area (Å²) in [6.45, 7) is 6.13. The maximum absolute atomic E-state index is 15.1. The number of ketones is 1. The molecule has 400 valence electrons. The Bertz CT molecular complexity index is 2460. The number of hydrogen-bond donors (Lipinski definition) is 9. The van der Waals surface area contributed by atoms with Crippen molar-refractivity contribution in [2.45, 2.75) is 153 Å². The number of carbonyl (C=O) groups is 9. The quantitative estimate of drug-likeness (QED) is 0.0693. The zero-order valence-electron chi connectivity index (χ0n) is 42.3. The molecule has 3 aromatic rings. The number of nitrogens with one attached hydrogen (secondary N) is 5. The van der Waals surface area contributed by atoms with E-state index in [1.165, 1.54) is 50.4 Å². The lowest BCUT2D eigenvalue weighted by Gasteiger charge is -2.42. The number of fused-ring (bicyclic) bond motifs is 2. The summed E-state index contributed by atoms with van der Waals surface area (Å²) in [5.41, 5.74) is 1.65. The molecule has 2 fully saturated rings. The number of ether oxygens (including phenoxy) is 1. The summed E-state index contributed by atoms with van der Waals surface area (Å²) in [7, 11) is 1.34. The van der Waals surface area contributed by atoms with Gasteiger partial charge in [-0.2, -0.15) is 0 Å². The maximum atomic E-state index is 15.1. The predicted molar refractivity (Wildman–Crippen MR) is 268 cm³/mol. The zero-order chi connectivity index (χ0) is 54.2. The summed E-state index contributed by atoms with van der Waals surface area (Å²) in [4.78, 5) is 129. The first-order valence-corrected chi connectivity index (χ1v) is 24.9. The highest BCUT2D eigenvalue weighted by Gasteiger charge is 2.46. The number of carboxylic acid groups (broad SMARTS) is 1. The van der Waals surface area contributed by atoms with E-state index in [-0.39, 0.29) is 56.6 Å². The lowest BCUT2D eigenvalue weighted by Crippen LogP contribution is -2.64. The van der Waals surface area contributed by atoms with Gasteiger partial charge in [0.25, 0.3) is 0 Å². The van der Waals surface area contributed by atoms with Crippen LogP contribution in [0.15, 0.2) is 78.9 Å². The Morgan fingerprint density at radius 1 is 0.797 bits per heavy atom. The third kappa shape index (κ3) is 16.0. The van der Waals surface area contributed by atoms with Crippen molar-refractivity contribution in [1.29, 1.82) is 0 Å². The fraction of sp³-hybridized carbons (Fsp3) is 0.491. The van der Waals surface area contributed by atoms with E-state index in [4.69, 9.17) is 4.74 Å². The fourth-order valence-electron chi connectivity index (χ4n) is 8.92. The summed E-state index contributed by atoms with van der Waals surface area (Å²) in [5, 5.41) is 54.3. The highest BCUT2D eigenvalue weighted by molar-refractivity contribution is 6.00. The van der Waals surface area contributed by atoms with Crippen molar-refractivity contribution in [1.82, 2.24) is 36.4 Å². The van der Waals surface area contributed by atoms with Crippen LogP contribution in [0.1, 0.15) is 95.8 Å². The van der Waals surface area contributed by atoms with E-state index >= 15 is 4.79 Å². The highest BCUT2D eigenvalue weighted by atomic mass is 16.5. The Balaban J connectivity index is 1.63. The average Bonchev–Trinajstić information content (AvgIpc) is 3.35. The van der Waals surface area contributed by atoms with Gasteiger partial charge in [-0.25, -0.2) is 9.59 Å². The van der Waals surface area contributed by atoms with Gasteiger partial charge in [0.15, 0.2) is 5.78 Å². The number of amides is 7. The molecule has 9 atom stereocenters. The molecule has 74 heavy (non-hydrogen) atoms. The molecule has 2 bridgehead atoms. The molecule has 1 aliphatic heterocycles. The number of aliphatic hydroxyl groups excluding tert-OH is 1. The van der Waals surface area contributed by atoms with Crippen LogP contribution in [0.5, 0.6) is 11.5 Å². The van der Waals surface area contributed by atoms with Crippen LogP contribution >= 0.6 is 0 Å². The molecule has 1 saturated heterocycles. The second kappa shape index (κ2) is 26.9. The van der Waals surface area contributed by atoms with Gasteiger partial charge in [0.05, 0.1) is 18.6 Å². The van der Waals surface area contributed by atoms with E-state index in [2.05, 4.69) is 26.6 Å². The summed E-state index contributed by atoms with van der Waals surface area (Å²) in [6, 6.07) is 8.64. The molecule has 0 radical (unpaired) electrons. The van der Waals surface area contributed by atoms with Gasteiger partial charge in [-0.05, 0) is 85.9 Å². The standard InChI is InChI=1S/C53H69N7O14/c1-6-7-9-14-42(64)54-39(28-43(65)66)49(69)58-45-31(4)74-52(72)44(30(2)3)57-50(70)40(25-19-32-15-20-35(61)21-16-32)59(5)53(73)60(29-34-12-10-8-11-13-34)46-41(63)26-24-37(47(46)67)55-48(68)38(56-51(45)71)27-33-17-22-36(62)23-18-33/h8,10-13,15-18,20-23,30-31,37-41,44-46,61-63H,6-7,9,14,19,24-29H2,1-5H3,(H,54,64)(H,55,68)(H,56,71)(H,57,70)(H,58,69)(H,65,66). The van der Waals surface area contributed by atoms with E-state index < -0.39 is 120 Å². The number of phenolic OH excluding ortho intramolecular Hbond substituents is 2. The van der Waals surface area contributed by atoms with Gasteiger partial charge in [0, 0.05) is 26.4 Å². The summed E-state index contributed by atoms with van der Waals surface area (Å²) >= 11 is 0. The van der Waals surface area contributed by atoms with Gasteiger partial charge < -0.3 is 61.5 Å². The molecule has 5 rings (SSSR count). The van der Waals surface area contributed by atoms with Gasteiger partial charge >= 0.3 is 18.0 Å². The number of hydrogen-bond acceptors (Lipinski definition) is 13. The van der Waals surface area contributed by atoms with Crippen LogP contribution in [0.4, 0.5) is 4.79 Å². The number of carbonyl (C=O) groups excluding carboxylic acids is 8. The molecule has 9 N–H and O–H groups in total. The van der Waals surface area contributed by atoms with Crippen LogP contribution in [-0.2, 0) is 62.5 Å². The first-order chi connectivity index (χ1) is 35.2. The number of unbranched alkanes of at least 4 members (excludes halogenated alkanes) is 2. The lowest BCUT2D eigenvalue weighted by atomic mass is 9.85. The molecule has 0 aromatic heterocycles. The number of carboxylic acids is 1. The van der Waals surface area contributed by atoms with Crippen molar-refractivity contribution in [3.05, 3.63) is 95.6 Å². The number of esters is 1. The Morgan fingerprint density at radius 2 is 1.43 bits per heavy atom. The Labute approximate surface area is 429 Å². The van der Waals surface area contributed by atoms with E-state index in [0.29, 0.717) is 29.5 Å². The number of aliphatic carboxylic acids is 1. The Hall–Kier alpha value is -7.55. The maximum Gasteiger partial charge on any atom is 0.329 e. The number of likely N-dealkylation sites (N-methyl/N-ethyl adjacent to an activating group) is 1. The van der Waals surface area contributed by atoms with Crippen LogP contribution in [0.2, 0.25) is 0 Å². The van der Waals surface area contributed by atoms with Crippen LogP contribution in [-0.4, -0.2) is 145 Å². The average molecular weight is 1030 g/mol. The first kappa shape index (κ1) is 57.4. The number of aryl methyl sites for hydroxylation is 1. The lowest BCUT2D eigenvalue weighted by molar-refractivity contribution is -0.157. The summed E-state index contributed by atoms with van der Waals surface area (Å²) < 4.78 is 5.87. The van der Waals surface area contributed by atoms with Crippen molar-refractivity contribution >= 4 is 53.3 Å². The van der Waals surface area contributed by atoms with Crippen LogP contribution in [0.25, 0.3) is 0 Å². The molecule has 3 aromatic carbocycles. The van der Waals surface area contributed by atoms with Crippen LogP contribution < -0.4 is 26.6 Å². The van der Waals surface area contributed by atoms with Gasteiger partial charge in [0.2, 0.25) is 29.5 Å². The third-order valence-corrected chi connectivity index (χ3v) is 13.2. The molecule has 7 amide bonds.